The quantitative estimate of drug-likeness (QED) is 0.556. The highest BCUT2D eigenvalue weighted by atomic mass is 32.2. The minimum atomic E-state index is -3.79. The number of ether oxygens (including phenoxy) is 2. The average Bonchev–Trinajstić information content (AvgIpc) is 2.38. The Morgan fingerprint density at radius 1 is 1.19 bits per heavy atom. The van der Waals surface area contributed by atoms with Crippen molar-refractivity contribution < 1.29 is 27.5 Å². The van der Waals surface area contributed by atoms with E-state index < -0.39 is 27.7 Å². The first-order chi connectivity index (χ1) is 9.76. The maximum Gasteiger partial charge on any atom is 0.321 e. The third-order valence-electron chi connectivity index (χ3n) is 2.66. The third-order valence-corrected chi connectivity index (χ3v) is 4.27. The minimum absolute atomic E-state index is 0.0242. The highest BCUT2D eigenvalue weighted by Gasteiger charge is 2.22. The number of hydrogen-bond acceptors (Lipinski definition) is 6. The molecule has 1 aromatic carbocycles. The Morgan fingerprint density at radius 2 is 1.76 bits per heavy atom. The summed E-state index contributed by atoms with van der Waals surface area (Å²) in [7, 11) is -2.33. The molecule has 0 spiro atoms. The van der Waals surface area contributed by atoms with Crippen LogP contribution in [0.1, 0.15) is 24.2 Å². The SMILES string of the molecule is COCC(C)OC(=O)CS(=O)(=O)c1ccc(C(C)=O)cc1. The van der Waals surface area contributed by atoms with Crippen LogP contribution in [0.15, 0.2) is 29.2 Å². The van der Waals surface area contributed by atoms with Crippen molar-refractivity contribution in [2.45, 2.75) is 24.8 Å². The molecule has 0 aromatic heterocycles. The fraction of sp³-hybridized carbons (Fsp3) is 0.429. The zero-order chi connectivity index (χ0) is 16.0. The van der Waals surface area contributed by atoms with Gasteiger partial charge in [0, 0.05) is 12.7 Å². The molecule has 0 saturated carbocycles. The summed E-state index contributed by atoms with van der Waals surface area (Å²) >= 11 is 0. The fourth-order valence-corrected chi connectivity index (χ4v) is 2.76. The van der Waals surface area contributed by atoms with E-state index in [0.29, 0.717) is 5.56 Å². The molecule has 0 bridgehead atoms. The van der Waals surface area contributed by atoms with Crippen molar-refractivity contribution in [2.75, 3.05) is 19.5 Å². The summed E-state index contributed by atoms with van der Waals surface area (Å²) in [5, 5.41) is 0. The van der Waals surface area contributed by atoms with E-state index in [1.807, 2.05) is 0 Å². The van der Waals surface area contributed by atoms with Gasteiger partial charge in [0.15, 0.2) is 21.4 Å². The molecule has 0 amide bonds. The lowest BCUT2D eigenvalue weighted by atomic mass is 10.2. The van der Waals surface area contributed by atoms with E-state index in [1.165, 1.54) is 38.3 Å². The second-order valence-electron chi connectivity index (χ2n) is 4.60. The highest BCUT2D eigenvalue weighted by Crippen LogP contribution is 2.13. The lowest BCUT2D eigenvalue weighted by Gasteiger charge is -2.12. The molecule has 0 radical (unpaired) electrons. The van der Waals surface area contributed by atoms with Crippen LogP contribution in [0.25, 0.3) is 0 Å². The molecule has 0 saturated heterocycles. The molecule has 1 aromatic rings. The largest absolute Gasteiger partial charge is 0.459 e. The van der Waals surface area contributed by atoms with Gasteiger partial charge in [-0.15, -0.1) is 0 Å². The van der Waals surface area contributed by atoms with Crippen LogP contribution in [0.2, 0.25) is 0 Å². The van der Waals surface area contributed by atoms with Crippen molar-refractivity contribution >= 4 is 21.6 Å². The number of carbonyl (C=O) groups excluding carboxylic acids is 2. The topological polar surface area (TPSA) is 86.7 Å². The van der Waals surface area contributed by atoms with E-state index in [2.05, 4.69) is 0 Å². The zero-order valence-electron chi connectivity index (χ0n) is 12.2. The van der Waals surface area contributed by atoms with Crippen LogP contribution in [-0.2, 0) is 24.1 Å². The first kappa shape index (κ1) is 17.3. The molecular formula is C14H18O6S. The molecule has 6 nitrogen and oxygen atoms in total. The van der Waals surface area contributed by atoms with Gasteiger partial charge in [-0.3, -0.25) is 9.59 Å². The molecule has 7 heteroatoms. The number of esters is 1. The maximum absolute atomic E-state index is 12.0. The number of carbonyl (C=O) groups is 2. The van der Waals surface area contributed by atoms with Crippen molar-refractivity contribution in [3.63, 3.8) is 0 Å². The van der Waals surface area contributed by atoms with Gasteiger partial charge < -0.3 is 9.47 Å². The van der Waals surface area contributed by atoms with Gasteiger partial charge in [-0.2, -0.15) is 0 Å². The Hall–Kier alpha value is -1.73. The van der Waals surface area contributed by atoms with E-state index in [-0.39, 0.29) is 17.3 Å². The van der Waals surface area contributed by atoms with Gasteiger partial charge >= 0.3 is 5.97 Å². The molecule has 0 heterocycles. The van der Waals surface area contributed by atoms with Crippen LogP contribution in [-0.4, -0.2) is 45.7 Å². The van der Waals surface area contributed by atoms with E-state index in [9.17, 15) is 18.0 Å². The van der Waals surface area contributed by atoms with Gasteiger partial charge in [-0.1, -0.05) is 12.1 Å². The third kappa shape index (κ3) is 5.28. The number of benzene rings is 1. The van der Waals surface area contributed by atoms with Crippen LogP contribution >= 0.6 is 0 Å². The van der Waals surface area contributed by atoms with E-state index >= 15 is 0 Å². The summed E-state index contributed by atoms with van der Waals surface area (Å²) in [5.74, 6) is -1.75. The maximum atomic E-state index is 12.0. The van der Waals surface area contributed by atoms with Crippen LogP contribution in [0, 0.1) is 0 Å². The van der Waals surface area contributed by atoms with Gasteiger partial charge in [0.2, 0.25) is 0 Å². The predicted octanol–water partition coefficient (Wildman–Crippen LogP) is 1.24. The van der Waals surface area contributed by atoms with Gasteiger partial charge in [-0.25, -0.2) is 8.42 Å². The molecule has 0 aliphatic rings. The summed E-state index contributed by atoms with van der Waals surface area (Å²) in [6, 6.07) is 5.43. The molecule has 0 fully saturated rings. The Balaban J connectivity index is 2.77. The van der Waals surface area contributed by atoms with Crippen molar-refractivity contribution in [3.05, 3.63) is 29.8 Å². The van der Waals surface area contributed by atoms with E-state index in [4.69, 9.17) is 9.47 Å². The van der Waals surface area contributed by atoms with Crippen LogP contribution < -0.4 is 0 Å². The predicted molar refractivity (Wildman–Crippen MR) is 75.9 cm³/mol. The monoisotopic (exact) mass is 314 g/mol. The van der Waals surface area contributed by atoms with Crippen molar-refractivity contribution in [1.29, 1.82) is 0 Å². The molecule has 0 aliphatic carbocycles. The van der Waals surface area contributed by atoms with Crippen LogP contribution in [0.3, 0.4) is 0 Å². The average molecular weight is 314 g/mol. The Labute approximate surface area is 124 Å². The Kier molecular flexibility index (Phi) is 6.04. The highest BCUT2D eigenvalue weighted by molar-refractivity contribution is 7.92. The standard InChI is InChI=1S/C14H18O6S/c1-10(8-19-3)20-14(16)9-21(17,18)13-6-4-12(5-7-13)11(2)15/h4-7,10H,8-9H2,1-3H3. The number of hydrogen-bond donors (Lipinski definition) is 0. The second-order valence-corrected chi connectivity index (χ2v) is 6.59. The molecule has 116 valence electrons. The van der Waals surface area contributed by atoms with E-state index in [0.717, 1.165) is 0 Å². The summed E-state index contributed by atoms with van der Waals surface area (Å²) in [6.45, 7) is 3.19. The molecular weight excluding hydrogens is 296 g/mol. The second kappa shape index (κ2) is 7.33. The molecule has 1 atom stereocenters. The Morgan fingerprint density at radius 3 is 2.24 bits per heavy atom. The summed E-state index contributed by atoms with van der Waals surface area (Å²) in [5.41, 5.74) is 0.408. The molecule has 0 N–H and O–H groups in total. The summed E-state index contributed by atoms with van der Waals surface area (Å²) in [4.78, 5) is 22.7. The van der Waals surface area contributed by atoms with Crippen LogP contribution in [0.5, 0.6) is 0 Å². The minimum Gasteiger partial charge on any atom is -0.459 e. The Bertz CT molecular complexity index is 603. The summed E-state index contributed by atoms with van der Waals surface area (Å²) < 4.78 is 33.8. The van der Waals surface area contributed by atoms with Crippen molar-refractivity contribution in [1.82, 2.24) is 0 Å². The first-order valence-corrected chi connectivity index (χ1v) is 7.93. The smallest absolute Gasteiger partial charge is 0.321 e. The number of sulfone groups is 1. The molecule has 1 rings (SSSR count). The lowest BCUT2D eigenvalue weighted by Crippen LogP contribution is -2.25. The van der Waals surface area contributed by atoms with Crippen molar-refractivity contribution in [3.8, 4) is 0 Å². The lowest BCUT2D eigenvalue weighted by molar-refractivity contribution is -0.147. The van der Waals surface area contributed by atoms with Gasteiger partial charge in [0.25, 0.3) is 0 Å². The molecule has 1 unspecified atom stereocenters. The molecule has 21 heavy (non-hydrogen) atoms. The van der Waals surface area contributed by atoms with Crippen molar-refractivity contribution in [2.24, 2.45) is 0 Å². The van der Waals surface area contributed by atoms with E-state index in [1.54, 1.807) is 6.92 Å². The summed E-state index contributed by atoms with van der Waals surface area (Å²) in [6.07, 6.45) is -0.516. The zero-order valence-corrected chi connectivity index (χ0v) is 13.0. The first-order valence-electron chi connectivity index (χ1n) is 6.28. The van der Waals surface area contributed by atoms with Gasteiger partial charge in [0.1, 0.15) is 6.10 Å². The number of ketones is 1. The van der Waals surface area contributed by atoms with Gasteiger partial charge in [-0.05, 0) is 26.0 Å². The normalized spacial score (nSPS) is 12.7. The fourth-order valence-electron chi connectivity index (χ4n) is 1.66. The number of rotatable bonds is 7. The molecule has 0 aliphatic heterocycles. The van der Waals surface area contributed by atoms with Crippen LogP contribution in [0.4, 0.5) is 0 Å². The number of methoxy groups -OCH3 is 1. The van der Waals surface area contributed by atoms with Gasteiger partial charge in [0.05, 0.1) is 11.5 Å². The number of Topliss-reactive ketones (excluding diaryl/α,β-unsaturated/α-hetero) is 1.